The van der Waals surface area contributed by atoms with Crippen molar-refractivity contribution in [3.05, 3.63) is 73.8 Å². The summed E-state index contributed by atoms with van der Waals surface area (Å²) in [5.74, 6) is 0. The van der Waals surface area contributed by atoms with Crippen molar-refractivity contribution in [3.63, 3.8) is 0 Å². The van der Waals surface area contributed by atoms with Crippen LogP contribution in [-0.2, 0) is 0 Å². The van der Waals surface area contributed by atoms with Crippen LogP contribution in [0.5, 0.6) is 0 Å². The number of rotatable bonds is 5. The molecule has 0 amide bonds. The van der Waals surface area contributed by atoms with Crippen molar-refractivity contribution in [1.82, 2.24) is 0 Å². The van der Waals surface area contributed by atoms with Crippen LogP contribution in [0.3, 0.4) is 0 Å². The molecule has 0 saturated heterocycles. The molecular formula is C22H26Cl2. The molecule has 2 heteroatoms. The van der Waals surface area contributed by atoms with Gasteiger partial charge in [0.2, 0.25) is 0 Å². The van der Waals surface area contributed by atoms with E-state index < -0.39 is 0 Å². The molecule has 0 aromatic heterocycles. The number of hydrogen-bond acceptors (Lipinski definition) is 0. The standard InChI is InChI=1S/C22H26Cl2/c1-6-7-8-9-20(18-10-14(2)16(4)21(23)12-18)19-11-15(3)17(5)22(24)13-19/h9-13H,6-8H2,1-5H3. The van der Waals surface area contributed by atoms with Crippen molar-refractivity contribution in [1.29, 1.82) is 0 Å². The molecule has 24 heavy (non-hydrogen) atoms. The van der Waals surface area contributed by atoms with E-state index in [2.05, 4.69) is 65.0 Å². The van der Waals surface area contributed by atoms with Gasteiger partial charge in [0.1, 0.15) is 0 Å². The second-order valence-electron chi connectivity index (χ2n) is 6.56. The zero-order chi connectivity index (χ0) is 17.9. The Kier molecular flexibility index (Phi) is 6.54. The summed E-state index contributed by atoms with van der Waals surface area (Å²) in [6.45, 7) is 10.6. The van der Waals surface area contributed by atoms with E-state index in [-0.39, 0.29) is 0 Å². The van der Waals surface area contributed by atoms with Crippen molar-refractivity contribution in [2.45, 2.75) is 53.9 Å². The summed E-state index contributed by atoms with van der Waals surface area (Å²) in [5.41, 5.74) is 8.27. The fourth-order valence-electron chi connectivity index (χ4n) is 2.80. The third-order valence-corrected chi connectivity index (χ3v) is 5.52. The summed E-state index contributed by atoms with van der Waals surface area (Å²) < 4.78 is 0. The van der Waals surface area contributed by atoms with Gasteiger partial charge in [0.25, 0.3) is 0 Å². The molecule has 0 atom stereocenters. The normalized spacial score (nSPS) is 10.8. The lowest BCUT2D eigenvalue weighted by molar-refractivity contribution is 0.815. The minimum Gasteiger partial charge on any atom is -0.0840 e. The van der Waals surface area contributed by atoms with E-state index >= 15 is 0 Å². The van der Waals surface area contributed by atoms with Crippen LogP contribution in [0, 0.1) is 27.7 Å². The van der Waals surface area contributed by atoms with E-state index in [4.69, 9.17) is 23.2 Å². The number of allylic oxidation sites excluding steroid dienone is 1. The number of aryl methyl sites for hydroxylation is 2. The quantitative estimate of drug-likeness (QED) is 0.476. The molecule has 0 fully saturated rings. The Morgan fingerprint density at radius 3 is 1.67 bits per heavy atom. The summed E-state index contributed by atoms with van der Waals surface area (Å²) in [4.78, 5) is 0. The molecule has 0 saturated carbocycles. The highest BCUT2D eigenvalue weighted by Crippen LogP contribution is 2.33. The summed E-state index contributed by atoms with van der Waals surface area (Å²) >= 11 is 12.9. The minimum absolute atomic E-state index is 0.821. The molecule has 128 valence electrons. The average Bonchev–Trinajstić information content (AvgIpc) is 2.53. The first-order valence-corrected chi connectivity index (χ1v) is 9.35. The maximum Gasteiger partial charge on any atom is 0.0443 e. The van der Waals surface area contributed by atoms with Gasteiger partial charge in [-0.1, -0.05) is 61.2 Å². The van der Waals surface area contributed by atoms with Crippen LogP contribution in [0.4, 0.5) is 0 Å². The fraction of sp³-hybridized carbons (Fsp3) is 0.364. The zero-order valence-corrected chi connectivity index (χ0v) is 16.8. The second-order valence-corrected chi connectivity index (χ2v) is 7.37. The van der Waals surface area contributed by atoms with Crippen LogP contribution >= 0.6 is 23.2 Å². The Hall–Kier alpha value is -1.24. The largest absolute Gasteiger partial charge is 0.0840 e. The van der Waals surface area contributed by atoms with Gasteiger partial charge in [-0.3, -0.25) is 0 Å². The summed E-state index contributed by atoms with van der Waals surface area (Å²) in [5, 5.41) is 1.64. The topological polar surface area (TPSA) is 0 Å². The molecule has 0 aliphatic rings. The van der Waals surface area contributed by atoms with Crippen molar-refractivity contribution < 1.29 is 0 Å². The first kappa shape index (κ1) is 19.1. The third-order valence-electron chi connectivity index (χ3n) is 4.74. The minimum atomic E-state index is 0.821. The zero-order valence-electron chi connectivity index (χ0n) is 15.3. The van der Waals surface area contributed by atoms with Gasteiger partial charge in [0, 0.05) is 10.0 Å². The highest BCUT2D eigenvalue weighted by Gasteiger charge is 2.11. The van der Waals surface area contributed by atoms with Crippen molar-refractivity contribution in [2.24, 2.45) is 0 Å². The number of unbranched alkanes of at least 4 members (excludes halogenated alkanes) is 2. The van der Waals surface area contributed by atoms with Gasteiger partial charge >= 0.3 is 0 Å². The van der Waals surface area contributed by atoms with Crippen molar-refractivity contribution >= 4 is 28.8 Å². The van der Waals surface area contributed by atoms with Crippen LogP contribution in [0.25, 0.3) is 5.57 Å². The van der Waals surface area contributed by atoms with Crippen LogP contribution in [0.15, 0.2) is 30.3 Å². The van der Waals surface area contributed by atoms with Gasteiger partial charge in [-0.05, 0) is 85.2 Å². The Balaban J connectivity index is 2.60. The smallest absolute Gasteiger partial charge is 0.0443 e. The third kappa shape index (κ3) is 4.23. The number of hydrogen-bond donors (Lipinski definition) is 0. The maximum atomic E-state index is 6.45. The predicted molar refractivity (Wildman–Crippen MR) is 108 cm³/mol. The Bertz CT molecular complexity index is 664. The number of benzene rings is 2. The van der Waals surface area contributed by atoms with Crippen LogP contribution < -0.4 is 0 Å². The Labute approximate surface area is 156 Å². The van der Waals surface area contributed by atoms with E-state index in [9.17, 15) is 0 Å². The van der Waals surface area contributed by atoms with Gasteiger partial charge in [-0.2, -0.15) is 0 Å². The molecule has 0 unspecified atom stereocenters. The molecule has 0 aliphatic carbocycles. The highest BCUT2D eigenvalue weighted by molar-refractivity contribution is 6.32. The fourth-order valence-corrected chi connectivity index (χ4v) is 3.33. The Morgan fingerprint density at radius 2 is 1.29 bits per heavy atom. The SMILES string of the molecule is CCCCC=C(c1cc(C)c(C)c(Cl)c1)c1cc(C)c(C)c(Cl)c1. The molecule has 0 radical (unpaired) electrons. The highest BCUT2D eigenvalue weighted by atomic mass is 35.5. The number of halogens is 2. The lowest BCUT2D eigenvalue weighted by atomic mass is 9.92. The van der Waals surface area contributed by atoms with E-state index in [0.717, 1.165) is 27.6 Å². The van der Waals surface area contributed by atoms with Gasteiger partial charge in [0.05, 0.1) is 0 Å². The van der Waals surface area contributed by atoms with E-state index in [1.165, 1.54) is 40.7 Å². The van der Waals surface area contributed by atoms with Crippen LogP contribution in [0.2, 0.25) is 10.0 Å². The summed E-state index contributed by atoms with van der Waals surface area (Å²) in [6.07, 6.45) is 5.75. The monoisotopic (exact) mass is 360 g/mol. The summed E-state index contributed by atoms with van der Waals surface area (Å²) in [6, 6.07) is 8.60. The van der Waals surface area contributed by atoms with Gasteiger partial charge in [-0.25, -0.2) is 0 Å². The molecule has 2 aromatic carbocycles. The van der Waals surface area contributed by atoms with Crippen LogP contribution in [0.1, 0.15) is 59.6 Å². The van der Waals surface area contributed by atoms with E-state index in [1.54, 1.807) is 0 Å². The van der Waals surface area contributed by atoms with E-state index in [0.29, 0.717) is 0 Å². The molecular weight excluding hydrogens is 335 g/mol. The molecule has 0 N–H and O–H groups in total. The maximum absolute atomic E-state index is 6.45. The first-order valence-electron chi connectivity index (χ1n) is 8.59. The first-order chi connectivity index (χ1) is 11.3. The lowest BCUT2D eigenvalue weighted by Gasteiger charge is -2.15. The molecule has 0 heterocycles. The predicted octanol–water partition coefficient (Wildman–Crippen LogP) is 7.85. The molecule has 2 aromatic rings. The average molecular weight is 361 g/mol. The van der Waals surface area contributed by atoms with Gasteiger partial charge in [0.15, 0.2) is 0 Å². The Morgan fingerprint density at radius 1 is 0.833 bits per heavy atom. The molecule has 0 nitrogen and oxygen atoms in total. The molecule has 0 bridgehead atoms. The summed E-state index contributed by atoms with van der Waals surface area (Å²) in [7, 11) is 0. The van der Waals surface area contributed by atoms with Crippen molar-refractivity contribution in [2.75, 3.05) is 0 Å². The second kappa shape index (κ2) is 8.23. The molecule has 2 rings (SSSR count). The molecule has 0 spiro atoms. The van der Waals surface area contributed by atoms with E-state index in [1.807, 2.05) is 0 Å². The van der Waals surface area contributed by atoms with Gasteiger partial charge in [-0.15, -0.1) is 0 Å². The van der Waals surface area contributed by atoms with Gasteiger partial charge < -0.3 is 0 Å². The van der Waals surface area contributed by atoms with Crippen LogP contribution in [-0.4, -0.2) is 0 Å². The van der Waals surface area contributed by atoms with Crippen molar-refractivity contribution in [3.8, 4) is 0 Å². The molecule has 0 aliphatic heterocycles. The lowest BCUT2D eigenvalue weighted by Crippen LogP contribution is -1.95.